The molecule has 4 rings (SSSR count). The highest BCUT2D eigenvalue weighted by Crippen LogP contribution is 2.31. The van der Waals surface area contributed by atoms with Crippen LogP contribution in [0, 0.1) is 12.8 Å². The molecule has 1 aliphatic heterocycles. The fourth-order valence-corrected chi connectivity index (χ4v) is 2.63. The Morgan fingerprint density at radius 3 is 2.95 bits per heavy atom. The molecule has 0 radical (unpaired) electrons. The van der Waals surface area contributed by atoms with E-state index in [1.807, 2.05) is 25.3 Å². The standard InChI is InChI=1S/C16H17N5/c1-10-6-13(21-9-20-10)15-14-12(8-18-15)4-5-17-16(14)19-7-11-2-3-11/h4-6,9,11H,2-3,7-8H2,1H3,(H,17,19). The van der Waals surface area contributed by atoms with E-state index in [2.05, 4.69) is 25.3 Å². The lowest BCUT2D eigenvalue weighted by atomic mass is 10.0. The number of anilines is 1. The number of fused-ring (bicyclic) bond motifs is 1. The molecular formula is C16H17N5. The van der Waals surface area contributed by atoms with Crippen molar-refractivity contribution >= 4 is 11.5 Å². The molecule has 2 aromatic heterocycles. The van der Waals surface area contributed by atoms with Gasteiger partial charge in [-0.2, -0.15) is 0 Å². The largest absolute Gasteiger partial charge is 0.369 e. The van der Waals surface area contributed by atoms with Gasteiger partial charge >= 0.3 is 0 Å². The van der Waals surface area contributed by atoms with Crippen LogP contribution in [0.5, 0.6) is 0 Å². The Hall–Kier alpha value is -2.30. The van der Waals surface area contributed by atoms with Crippen LogP contribution in [0.15, 0.2) is 29.6 Å². The molecule has 21 heavy (non-hydrogen) atoms. The van der Waals surface area contributed by atoms with Crippen molar-refractivity contribution in [3.05, 3.63) is 47.2 Å². The lowest BCUT2D eigenvalue weighted by Gasteiger charge is -2.11. The fourth-order valence-electron chi connectivity index (χ4n) is 2.63. The van der Waals surface area contributed by atoms with Gasteiger partial charge in [0.1, 0.15) is 12.1 Å². The van der Waals surface area contributed by atoms with Crippen LogP contribution < -0.4 is 5.32 Å². The molecule has 0 bridgehead atoms. The highest BCUT2D eigenvalue weighted by Gasteiger charge is 2.25. The summed E-state index contributed by atoms with van der Waals surface area (Å²) in [5.41, 5.74) is 5.09. The minimum absolute atomic E-state index is 0.703. The van der Waals surface area contributed by atoms with Gasteiger partial charge in [-0.05, 0) is 43.4 Å². The molecule has 0 amide bonds. The number of aromatic nitrogens is 3. The third kappa shape index (κ3) is 2.39. The normalized spacial score (nSPS) is 16.5. The van der Waals surface area contributed by atoms with Crippen LogP contribution in [0.3, 0.4) is 0 Å². The van der Waals surface area contributed by atoms with Crippen molar-refractivity contribution in [2.24, 2.45) is 10.9 Å². The van der Waals surface area contributed by atoms with E-state index >= 15 is 0 Å². The highest BCUT2D eigenvalue weighted by atomic mass is 15.0. The Bertz CT molecular complexity index is 718. The van der Waals surface area contributed by atoms with Gasteiger partial charge in [0.25, 0.3) is 0 Å². The zero-order valence-corrected chi connectivity index (χ0v) is 12.0. The van der Waals surface area contributed by atoms with Crippen molar-refractivity contribution < 1.29 is 0 Å². The smallest absolute Gasteiger partial charge is 0.135 e. The van der Waals surface area contributed by atoms with E-state index in [0.717, 1.165) is 40.9 Å². The quantitative estimate of drug-likeness (QED) is 0.933. The Kier molecular flexibility index (Phi) is 2.91. The minimum atomic E-state index is 0.703. The van der Waals surface area contributed by atoms with Gasteiger partial charge in [-0.25, -0.2) is 15.0 Å². The fraction of sp³-hybridized carbons (Fsp3) is 0.375. The summed E-state index contributed by atoms with van der Waals surface area (Å²) in [4.78, 5) is 17.7. The van der Waals surface area contributed by atoms with Crippen LogP contribution in [0.4, 0.5) is 5.82 Å². The number of nitrogens with one attached hydrogen (secondary N) is 1. The first-order valence-corrected chi connectivity index (χ1v) is 7.37. The summed E-state index contributed by atoms with van der Waals surface area (Å²) >= 11 is 0. The molecule has 0 aromatic carbocycles. The number of aliphatic imine (C=N–C) groups is 1. The zero-order chi connectivity index (χ0) is 14.2. The number of hydrogen-bond acceptors (Lipinski definition) is 5. The molecular weight excluding hydrogens is 262 g/mol. The predicted molar refractivity (Wildman–Crippen MR) is 81.6 cm³/mol. The van der Waals surface area contributed by atoms with E-state index in [1.54, 1.807) is 6.33 Å². The van der Waals surface area contributed by atoms with Crippen LogP contribution in [0.1, 0.15) is 35.4 Å². The van der Waals surface area contributed by atoms with E-state index in [-0.39, 0.29) is 0 Å². The third-order valence-corrected chi connectivity index (χ3v) is 3.98. The summed E-state index contributed by atoms with van der Waals surface area (Å²) in [7, 11) is 0. The summed E-state index contributed by atoms with van der Waals surface area (Å²) in [6.07, 6.45) is 6.11. The second-order valence-electron chi connectivity index (χ2n) is 5.73. The van der Waals surface area contributed by atoms with Gasteiger partial charge in [-0.15, -0.1) is 0 Å². The zero-order valence-electron chi connectivity index (χ0n) is 12.0. The van der Waals surface area contributed by atoms with Crippen LogP contribution >= 0.6 is 0 Å². The first-order valence-electron chi connectivity index (χ1n) is 7.37. The SMILES string of the molecule is Cc1cc(C2=NCc3ccnc(NCC4CC4)c32)ncn1. The minimum Gasteiger partial charge on any atom is -0.369 e. The molecule has 0 spiro atoms. The Labute approximate surface area is 123 Å². The van der Waals surface area contributed by atoms with Gasteiger partial charge in [-0.1, -0.05) is 0 Å². The molecule has 5 heteroatoms. The van der Waals surface area contributed by atoms with E-state index in [9.17, 15) is 0 Å². The average molecular weight is 279 g/mol. The van der Waals surface area contributed by atoms with Gasteiger partial charge in [0.15, 0.2) is 0 Å². The summed E-state index contributed by atoms with van der Waals surface area (Å²) in [6.45, 7) is 3.67. The van der Waals surface area contributed by atoms with Crippen molar-refractivity contribution in [2.75, 3.05) is 11.9 Å². The van der Waals surface area contributed by atoms with Crippen molar-refractivity contribution in [1.82, 2.24) is 15.0 Å². The number of nitrogens with zero attached hydrogens (tertiary/aromatic N) is 4. The van der Waals surface area contributed by atoms with E-state index in [0.29, 0.717) is 6.54 Å². The maximum atomic E-state index is 4.66. The molecule has 1 aliphatic carbocycles. The number of hydrogen-bond donors (Lipinski definition) is 1. The molecule has 2 aromatic rings. The van der Waals surface area contributed by atoms with Crippen LogP contribution in [-0.2, 0) is 6.54 Å². The second-order valence-corrected chi connectivity index (χ2v) is 5.73. The molecule has 0 atom stereocenters. The van der Waals surface area contributed by atoms with Gasteiger partial charge in [0.2, 0.25) is 0 Å². The second kappa shape index (κ2) is 4.91. The first-order chi connectivity index (χ1) is 10.3. The number of rotatable bonds is 4. The van der Waals surface area contributed by atoms with Gasteiger partial charge in [0.05, 0.1) is 18.0 Å². The lowest BCUT2D eigenvalue weighted by Crippen LogP contribution is -2.12. The molecule has 3 heterocycles. The van der Waals surface area contributed by atoms with Gasteiger partial charge in [0, 0.05) is 24.0 Å². The Balaban J connectivity index is 1.71. The van der Waals surface area contributed by atoms with Crippen molar-refractivity contribution in [2.45, 2.75) is 26.3 Å². The molecule has 1 fully saturated rings. The highest BCUT2D eigenvalue weighted by molar-refractivity contribution is 6.16. The van der Waals surface area contributed by atoms with Crippen molar-refractivity contribution in [3.63, 3.8) is 0 Å². The summed E-state index contributed by atoms with van der Waals surface area (Å²) in [5, 5.41) is 3.49. The van der Waals surface area contributed by atoms with Crippen LogP contribution in [0.25, 0.3) is 0 Å². The summed E-state index contributed by atoms with van der Waals surface area (Å²) in [6, 6.07) is 4.02. The maximum Gasteiger partial charge on any atom is 0.135 e. The van der Waals surface area contributed by atoms with Crippen LogP contribution in [0.2, 0.25) is 0 Å². The average Bonchev–Trinajstić information content (AvgIpc) is 3.22. The predicted octanol–water partition coefficient (Wildman–Crippen LogP) is 2.35. The number of aryl methyl sites for hydroxylation is 1. The Morgan fingerprint density at radius 1 is 1.24 bits per heavy atom. The van der Waals surface area contributed by atoms with Gasteiger partial charge in [-0.3, -0.25) is 4.99 Å². The van der Waals surface area contributed by atoms with Gasteiger partial charge < -0.3 is 5.32 Å². The molecule has 1 saturated carbocycles. The Morgan fingerprint density at radius 2 is 2.14 bits per heavy atom. The van der Waals surface area contributed by atoms with E-state index in [4.69, 9.17) is 0 Å². The van der Waals surface area contributed by atoms with Crippen LogP contribution in [-0.4, -0.2) is 27.2 Å². The van der Waals surface area contributed by atoms with E-state index < -0.39 is 0 Å². The topological polar surface area (TPSA) is 63.1 Å². The first kappa shape index (κ1) is 12.4. The molecule has 106 valence electrons. The molecule has 1 N–H and O–H groups in total. The van der Waals surface area contributed by atoms with Crippen molar-refractivity contribution in [3.8, 4) is 0 Å². The lowest BCUT2D eigenvalue weighted by molar-refractivity contribution is 0.882. The van der Waals surface area contributed by atoms with E-state index in [1.165, 1.54) is 18.4 Å². The molecule has 5 nitrogen and oxygen atoms in total. The molecule has 0 saturated heterocycles. The summed E-state index contributed by atoms with van der Waals surface area (Å²) < 4.78 is 0. The molecule has 2 aliphatic rings. The summed E-state index contributed by atoms with van der Waals surface area (Å²) in [5.74, 6) is 1.75. The monoisotopic (exact) mass is 279 g/mol. The molecule has 0 unspecified atom stereocenters. The maximum absolute atomic E-state index is 4.66. The van der Waals surface area contributed by atoms with Crippen molar-refractivity contribution in [1.29, 1.82) is 0 Å². The third-order valence-electron chi connectivity index (χ3n) is 3.98. The number of pyridine rings is 1.